The van der Waals surface area contributed by atoms with Crippen molar-refractivity contribution in [3.63, 3.8) is 0 Å². The van der Waals surface area contributed by atoms with Crippen LogP contribution in [0.2, 0.25) is 0 Å². The predicted octanol–water partition coefficient (Wildman–Crippen LogP) is 3.22. The second kappa shape index (κ2) is 8.21. The number of ketones is 1. The summed E-state index contributed by atoms with van der Waals surface area (Å²) >= 11 is 0. The molecule has 0 bridgehead atoms. The highest BCUT2D eigenvalue weighted by Crippen LogP contribution is 2.30. The van der Waals surface area contributed by atoms with Crippen molar-refractivity contribution in [2.75, 3.05) is 31.1 Å². The van der Waals surface area contributed by atoms with Crippen LogP contribution in [-0.4, -0.2) is 54.0 Å². The molecule has 142 valence electrons. The Labute approximate surface area is 156 Å². The average Bonchev–Trinajstić information content (AvgIpc) is 2.65. The first-order valence-corrected chi connectivity index (χ1v) is 9.83. The van der Waals surface area contributed by atoms with Crippen LogP contribution in [0.3, 0.4) is 0 Å². The average molecular weight is 358 g/mol. The topological polar surface area (TPSA) is 60.9 Å². The Kier molecular flexibility index (Phi) is 5.97. The minimum atomic E-state index is -0.690. The maximum Gasteiger partial charge on any atom is 0.306 e. The third-order valence-corrected chi connectivity index (χ3v) is 5.77. The van der Waals surface area contributed by atoms with Gasteiger partial charge in [-0.3, -0.25) is 9.59 Å². The van der Waals surface area contributed by atoms with E-state index in [0.29, 0.717) is 25.3 Å². The minimum Gasteiger partial charge on any atom is -0.481 e. The Morgan fingerprint density at radius 1 is 1.19 bits per heavy atom. The Morgan fingerprint density at radius 2 is 1.92 bits per heavy atom. The van der Waals surface area contributed by atoms with Crippen molar-refractivity contribution in [3.8, 4) is 0 Å². The SMILES string of the molecule is CC(C)N1CCCc2cc(C(=O)CCN3CCC(C(=O)O)CC3)ccc21. The molecule has 0 radical (unpaired) electrons. The van der Waals surface area contributed by atoms with Gasteiger partial charge >= 0.3 is 5.97 Å². The summed E-state index contributed by atoms with van der Waals surface area (Å²) in [6.45, 7) is 7.78. The summed E-state index contributed by atoms with van der Waals surface area (Å²) in [5.41, 5.74) is 3.38. The summed E-state index contributed by atoms with van der Waals surface area (Å²) in [5.74, 6) is -0.716. The molecule has 5 nitrogen and oxygen atoms in total. The highest BCUT2D eigenvalue weighted by Gasteiger charge is 2.25. The number of hydrogen-bond donors (Lipinski definition) is 1. The molecule has 0 unspecified atom stereocenters. The summed E-state index contributed by atoms with van der Waals surface area (Å²) in [6.07, 6.45) is 4.06. The molecule has 0 saturated carbocycles. The van der Waals surface area contributed by atoms with E-state index in [4.69, 9.17) is 5.11 Å². The highest BCUT2D eigenvalue weighted by molar-refractivity contribution is 5.97. The fraction of sp³-hybridized carbons (Fsp3) is 0.619. The number of aliphatic carboxylic acids is 1. The van der Waals surface area contributed by atoms with Gasteiger partial charge in [0.1, 0.15) is 0 Å². The lowest BCUT2D eigenvalue weighted by Crippen LogP contribution is -2.37. The molecule has 1 aromatic rings. The summed E-state index contributed by atoms with van der Waals surface area (Å²) in [5, 5.41) is 9.06. The molecular formula is C21H30N2O3. The maximum atomic E-state index is 12.6. The zero-order valence-corrected chi connectivity index (χ0v) is 15.9. The first-order chi connectivity index (χ1) is 12.5. The molecule has 1 aromatic carbocycles. The lowest BCUT2D eigenvalue weighted by atomic mass is 9.95. The lowest BCUT2D eigenvalue weighted by molar-refractivity contribution is -0.143. The van der Waals surface area contributed by atoms with Crippen LogP contribution in [0.1, 0.15) is 55.5 Å². The van der Waals surface area contributed by atoms with Crippen LogP contribution in [0.5, 0.6) is 0 Å². The van der Waals surface area contributed by atoms with E-state index in [-0.39, 0.29) is 11.7 Å². The summed E-state index contributed by atoms with van der Waals surface area (Å²) in [4.78, 5) is 28.3. The van der Waals surface area contributed by atoms with Gasteiger partial charge in [-0.25, -0.2) is 0 Å². The molecule has 2 aliphatic rings. The zero-order chi connectivity index (χ0) is 18.7. The molecule has 0 aromatic heterocycles. The standard InChI is InChI=1S/C21H30N2O3/c1-15(2)23-10-3-4-17-14-18(5-6-19(17)23)20(24)9-13-22-11-7-16(8-12-22)21(25)26/h5-6,14-16H,3-4,7-13H2,1-2H3,(H,25,26). The van der Waals surface area contributed by atoms with E-state index in [9.17, 15) is 9.59 Å². The number of hydrogen-bond acceptors (Lipinski definition) is 4. The molecule has 0 atom stereocenters. The molecule has 1 fully saturated rings. The van der Waals surface area contributed by atoms with Gasteiger partial charge in [0.15, 0.2) is 5.78 Å². The van der Waals surface area contributed by atoms with E-state index < -0.39 is 5.97 Å². The monoisotopic (exact) mass is 358 g/mol. The number of anilines is 1. The number of carbonyl (C=O) groups excluding carboxylic acids is 1. The lowest BCUT2D eigenvalue weighted by Gasteiger charge is -2.35. The Balaban J connectivity index is 1.57. The molecular weight excluding hydrogens is 328 g/mol. The Morgan fingerprint density at radius 3 is 2.58 bits per heavy atom. The number of benzene rings is 1. The van der Waals surface area contributed by atoms with E-state index in [1.54, 1.807) is 0 Å². The van der Waals surface area contributed by atoms with Crippen molar-refractivity contribution in [2.45, 2.75) is 52.0 Å². The number of carbonyl (C=O) groups is 2. The van der Waals surface area contributed by atoms with Gasteiger partial charge in [0.2, 0.25) is 0 Å². The number of nitrogens with zero attached hydrogens (tertiary/aromatic N) is 2. The Bertz CT molecular complexity index is 663. The fourth-order valence-electron chi connectivity index (χ4n) is 4.14. The van der Waals surface area contributed by atoms with E-state index in [1.165, 1.54) is 11.3 Å². The van der Waals surface area contributed by atoms with Crippen molar-refractivity contribution < 1.29 is 14.7 Å². The molecule has 26 heavy (non-hydrogen) atoms. The summed E-state index contributed by atoms with van der Waals surface area (Å²) in [7, 11) is 0. The second-order valence-electron chi connectivity index (χ2n) is 7.86. The van der Waals surface area contributed by atoms with Crippen LogP contribution in [0.25, 0.3) is 0 Å². The number of piperidine rings is 1. The molecule has 0 spiro atoms. The van der Waals surface area contributed by atoms with Crippen molar-refractivity contribution in [1.29, 1.82) is 0 Å². The molecule has 5 heteroatoms. The molecule has 2 heterocycles. The number of likely N-dealkylation sites (tertiary alicyclic amines) is 1. The van der Waals surface area contributed by atoms with E-state index in [1.807, 2.05) is 6.07 Å². The summed E-state index contributed by atoms with van der Waals surface area (Å²) < 4.78 is 0. The van der Waals surface area contributed by atoms with Crippen LogP contribution < -0.4 is 4.90 Å². The number of carboxylic acid groups (broad SMARTS) is 1. The van der Waals surface area contributed by atoms with E-state index in [0.717, 1.165) is 44.6 Å². The van der Waals surface area contributed by atoms with Gasteiger partial charge in [-0.1, -0.05) is 0 Å². The first kappa shape index (κ1) is 18.9. The van der Waals surface area contributed by atoms with Gasteiger partial charge < -0.3 is 14.9 Å². The normalized spacial score (nSPS) is 18.8. The van der Waals surface area contributed by atoms with Gasteiger partial charge in [-0.15, -0.1) is 0 Å². The third-order valence-electron chi connectivity index (χ3n) is 5.77. The zero-order valence-electron chi connectivity index (χ0n) is 15.9. The number of carboxylic acids is 1. The van der Waals surface area contributed by atoms with Crippen LogP contribution in [0.4, 0.5) is 5.69 Å². The number of rotatable bonds is 6. The van der Waals surface area contributed by atoms with Crippen molar-refractivity contribution >= 4 is 17.4 Å². The first-order valence-electron chi connectivity index (χ1n) is 9.83. The van der Waals surface area contributed by atoms with Crippen LogP contribution in [-0.2, 0) is 11.2 Å². The molecule has 0 aliphatic carbocycles. The molecule has 3 rings (SSSR count). The molecule has 1 saturated heterocycles. The van der Waals surface area contributed by atoms with Crippen LogP contribution in [0, 0.1) is 5.92 Å². The largest absolute Gasteiger partial charge is 0.481 e. The van der Waals surface area contributed by atoms with Gasteiger partial charge in [-0.05, 0) is 76.4 Å². The van der Waals surface area contributed by atoms with E-state index >= 15 is 0 Å². The molecule has 0 amide bonds. The van der Waals surface area contributed by atoms with Crippen LogP contribution in [0.15, 0.2) is 18.2 Å². The summed E-state index contributed by atoms with van der Waals surface area (Å²) in [6, 6.07) is 6.64. The van der Waals surface area contributed by atoms with Crippen LogP contribution >= 0.6 is 0 Å². The quantitative estimate of drug-likeness (QED) is 0.791. The van der Waals surface area contributed by atoms with Gasteiger partial charge in [0.05, 0.1) is 5.92 Å². The van der Waals surface area contributed by atoms with E-state index in [2.05, 4.69) is 35.8 Å². The second-order valence-corrected chi connectivity index (χ2v) is 7.86. The molecule has 1 N–H and O–H groups in total. The Hall–Kier alpha value is -1.88. The number of Topliss-reactive ketones (excluding diaryl/α,β-unsaturated/α-hetero) is 1. The molecule has 2 aliphatic heterocycles. The van der Waals surface area contributed by atoms with Crippen molar-refractivity contribution in [1.82, 2.24) is 4.90 Å². The number of fused-ring (bicyclic) bond motifs is 1. The fourth-order valence-corrected chi connectivity index (χ4v) is 4.14. The number of aryl methyl sites for hydroxylation is 1. The van der Waals surface area contributed by atoms with Gasteiger partial charge in [0.25, 0.3) is 0 Å². The van der Waals surface area contributed by atoms with Gasteiger partial charge in [-0.2, -0.15) is 0 Å². The highest BCUT2D eigenvalue weighted by atomic mass is 16.4. The van der Waals surface area contributed by atoms with Gasteiger partial charge in [0, 0.05) is 36.8 Å². The van der Waals surface area contributed by atoms with Crippen molar-refractivity contribution in [3.05, 3.63) is 29.3 Å². The predicted molar refractivity (Wildman–Crippen MR) is 103 cm³/mol. The third kappa shape index (κ3) is 4.26. The smallest absolute Gasteiger partial charge is 0.306 e. The van der Waals surface area contributed by atoms with Crippen molar-refractivity contribution in [2.24, 2.45) is 5.92 Å². The maximum absolute atomic E-state index is 12.6. The minimum absolute atomic E-state index is 0.190.